The number of rotatable bonds is 4. The number of thiocarbonyl (C=S) groups is 1. The molecule has 0 aliphatic heterocycles. The molecule has 5 nitrogen and oxygen atoms in total. The Morgan fingerprint density at radius 1 is 1.18 bits per heavy atom. The molecule has 0 aliphatic rings. The first kappa shape index (κ1) is 15.5. The molecule has 0 fully saturated rings. The number of carbonyl (C=O) groups excluding carboxylic acids is 1. The van der Waals surface area contributed by atoms with E-state index in [1.807, 2.05) is 12.1 Å². The maximum absolute atomic E-state index is 11.4. The van der Waals surface area contributed by atoms with Gasteiger partial charge in [-0.15, -0.1) is 0 Å². The summed E-state index contributed by atoms with van der Waals surface area (Å²) in [6.07, 6.45) is 0. The van der Waals surface area contributed by atoms with Crippen molar-refractivity contribution in [3.8, 4) is 11.8 Å². The van der Waals surface area contributed by atoms with Crippen molar-refractivity contribution < 1.29 is 9.90 Å². The van der Waals surface area contributed by atoms with Crippen LogP contribution in [0.4, 0.5) is 11.4 Å². The molecule has 6 heteroatoms. The molecule has 22 heavy (non-hydrogen) atoms. The van der Waals surface area contributed by atoms with Gasteiger partial charge in [0.25, 0.3) is 0 Å². The number of nitrogens with zero attached hydrogens (tertiary/aromatic N) is 2. The minimum absolute atomic E-state index is 0.0498. The predicted molar refractivity (Wildman–Crippen MR) is 87.6 cm³/mol. The molecule has 2 aromatic carbocycles. The van der Waals surface area contributed by atoms with Crippen molar-refractivity contribution in [1.82, 2.24) is 0 Å². The molecule has 0 radical (unpaired) electrons. The van der Waals surface area contributed by atoms with Gasteiger partial charge in [0.2, 0.25) is 5.91 Å². The van der Waals surface area contributed by atoms with Crippen LogP contribution in [-0.2, 0) is 4.79 Å². The highest BCUT2D eigenvalue weighted by Crippen LogP contribution is 2.30. The van der Waals surface area contributed by atoms with Crippen LogP contribution in [0.15, 0.2) is 54.6 Å². The molecule has 1 amide bonds. The second-order valence-electron chi connectivity index (χ2n) is 4.49. The van der Waals surface area contributed by atoms with Crippen molar-refractivity contribution in [2.24, 2.45) is 11.7 Å². The average Bonchev–Trinajstić information content (AvgIpc) is 2.49. The predicted octanol–water partition coefficient (Wildman–Crippen LogP) is 2.48. The molecule has 3 N–H and O–H groups in total. The fourth-order valence-electron chi connectivity index (χ4n) is 1.98. The SMILES string of the molecule is N#CC(C(N)=O)C(=S)N(c1ccccc1)c1cccc(O)c1. The molecule has 0 saturated carbocycles. The maximum atomic E-state index is 11.4. The highest BCUT2D eigenvalue weighted by molar-refractivity contribution is 7.80. The number of hydrogen-bond donors (Lipinski definition) is 2. The van der Waals surface area contributed by atoms with Gasteiger partial charge < -0.3 is 15.7 Å². The van der Waals surface area contributed by atoms with Gasteiger partial charge in [0.15, 0.2) is 5.92 Å². The number of nitriles is 1. The zero-order valence-corrected chi connectivity index (χ0v) is 12.3. The van der Waals surface area contributed by atoms with Crippen LogP contribution in [-0.4, -0.2) is 16.0 Å². The molecule has 0 spiro atoms. The number of amides is 1. The number of hydrogen-bond acceptors (Lipinski definition) is 4. The number of carbonyl (C=O) groups is 1. The summed E-state index contributed by atoms with van der Waals surface area (Å²) in [7, 11) is 0. The molecule has 2 aromatic rings. The lowest BCUT2D eigenvalue weighted by Crippen LogP contribution is -2.37. The zero-order valence-electron chi connectivity index (χ0n) is 11.5. The van der Waals surface area contributed by atoms with E-state index < -0.39 is 11.8 Å². The molecule has 0 aliphatic carbocycles. The van der Waals surface area contributed by atoms with E-state index in [0.717, 1.165) is 0 Å². The average molecular weight is 311 g/mol. The van der Waals surface area contributed by atoms with Crippen molar-refractivity contribution >= 4 is 34.5 Å². The Bertz CT molecular complexity index is 741. The lowest BCUT2D eigenvalue weighted by Gasteiger charge is -2.27. The largest absolute Gasteiger partial charge is 0.508 e. The fourth-order valence-corrected chi connectivity index (χ4v) is 2.36. The lowest BCUT2D eigenvalue weighted by molar-refractivity contribution is -0.118. The van der Waals surface area contributed by atoms with Crippen LogP contribution in [0, 0.1) is 17.2 Å². The summed E-state index contributed by atoms with van der Waals surface area (Å²) >= 11 is 5.30. The second kappa shape index (κ2) is 6.70. The smallest absolute Gasteiger partial charge is 0.241 e. The Morgan fingerprint density at radius 2 is 1.82 bits per heavy atom. The van der Waals surface area contributed by atoms with Gasteiger partial charge in [0.05, 0.1) is 11.8 Å². The van der Waals surface area contributed by atoms with Crippen LogP contribution in [0.5, 0.6) is 5.75 Å². The van der Waals surface area contributed by atoms with Crippen LogP contribution in [0.25, 0.3) is 0 Å². The monoisotopic (exact) mass is 311 g/mol. The highest BCUT2D eigenvalue weighted by atomic mass is 32.1. The summed E-state index contributed by atoms with van der Waals surface area (Å²) in [5.74, 6) is -2.00. The summed E-state index contributed by atoms with van der Waals surface area (Å²) < 4.78 is 0. The van der Waals surface area contributed by atoms with Crippen molar-refractivity contribution in [3.63, 3.8) is 0 Å². The Morgan fingerprint density at radius 3 is 2.36 bits per heavy atom. The number of primary amides is 1. The highest BCUT2D eigenvalue weighted by Gasteiger charge is 2.27. The van der Waals surface area contributed by atoms with Gasteiger partial charge >= 0.3 is 0 Å². The van der Waals surface area contributed by atoms with Crippen LogP contribution >= 0.6 is 12.2 Å². The summed E-state index contributed by atoms with van der Waals surface area (Å²) in [6, 6.07) is 17.2. The first-order valence-corrected chi connectivity index (χ1v) is 6.82. The molecule has 1 atom stereocenters. The topological polar surface area (TPSA) is 90.3 Å². The minimum atomic E-state index is -1.24. The lowest BCUT2D eigenvalue weighted by atomic mass is 10.1. The van der Waals surface area contributed by atoms with Gasteiger partial charge in [-0.2, -0.15) is 5.26 Å². The first-order chi connectivity index (χ1) is 10.5. The summed E-state index contributed by atoms with van der Waals surface area (Å²) in [6.45, 7) is 0. The molecular weight excluding hydrogens is 298 g/mol. The summed E-state index contributed by atoms with van der Waals surface area (Å²) in [5.41, 5.74) is 6.45. The molecule has 0 bridgehead atoms. The molecule has 2 rings (SSSR count). The number of anilines is 2. The quantitative estimate of drug-likeness (QED) is 0.847. The standard InChI is InChI=1S/C16H13N3O2S/c17-10-14(15(18)21)16(22)19(11-5-2-1-3-6-11)12-7-4-8-13(20)9-12/h1-9,14,20H,(H2,18,21). The molecule has 110 valence electrons. The van der Waals surface area contributed by atoms with Crippen LogP contribution < -0.4 is 10.6 Å². The first-order valence-electron chi connectivity index (χ1n) is 6.41. The number of phenols is 1. The third kappa shape index (κ3) is 3.22. The van der Waals surface area contributed by atoms with E-state index in [4.69, 9.17) is 23.2 Å². The number of phenolic OH excluding ortho intramolecular Hbond substituents is 1. The molecule has 0 heterocycles. The summed E-state index contributed by atoms with van der Waals surface area (Å²) in [5, 5.41) is 18.8. The van der Waals surface area contributed by atoms with E-state index in [1.165, 1.54) is 12.1 Å². The Hall–Kier alpha value is -2.91. The van der Waals surface area contributed by atoms with Crippen molar-refractivity contribution in [2.45, 2.75) is 0 Å². The van der Waals surface area contributed by atoms with Crippen LogP contribution in [0.2, 0.25) is 0 Å². The van der Waals surface area contributed by atoms with E-state index in [9.17, 15) is 9.90 Å². The Labute approximate surface area is 133 Å². The Kier molecular flexibility index (Phi) is 4.71. The van der Waals surface area contributed by atoms with E-state index in [2.05, 4.69) is 0 Å². The van der Waals surface area contributed by atoms with Crippen molar-refractivity contribution in [2.75, 3.05) is 4.90 Å². The Balaban J connectivity index is 2.54. The molecule has 0 aromatic heterocycles. The van der Waals surface area contributed by atoms with Crippen LogP contribution in [0.3, 0.4) is 0 Å². The number of benzene rings is 2. The number of nitrogens with two attached hydrogens (primary N) is 1. The van der Waals surface area contributed by atoms with Crippen molar-refractivity contribution in [3.05, 3.63) is 54.6 Å². The zero-order chi connectivity index (χ0) is 16.1. The van der Waals surface area contributed by atoms with Crippen molar-refractivity contribution in [1.29, 1.82) is 5.26 Å². The third-order valence-corrected chi connectivity index (χ3v) is 3.40. The third-order valence-electron chi connectivity index (χ3n) is 2.98. The van der Waals surface area contributed by atoms with E-state index in [1.54, 1.807) is 41.3 Å². The number of aromatic hydroxyl groups is 1. The van der Waals surface area contributed by atoms with Gasteiger partial charge in [-0.1, -0.05) is 36.5 Å². The van der Waals surface area contributed by atoms with E-state index in [0.29, 0.717) is 11.4 Å². The van der Waals surface area contributed by atoms with E-state index >= 15 is 0 Å². The van der Waals surface area contributed by atoms with Gasteiger partial charge in [0, 0.05) is 11.8 Å². The molecule has 0 saturated heterocycles. The fraction of sp³-hybridized carbons (Fsp3) is 0.0625. The normalized spacial score (nSPS) is 11.2. The minimum Gasteiger partial charge on any atom is -0.508 e. The molecular formula is C16H13N3O2S. The molecule has 1 unspecified atom stereocenters. The van der Waals surface area contributed by atoms with E-state index in [-0.39, 0.29) is 10.7 Å². The second-order valence-corrected chi connectivity index (χ2v) is 4.91. The van der Waals surface area contributed by atoms with Gasteiger partial charge in [-0.05, 0) is 24.3 Å². The summed E-state index contributed by atoms with van der Waals surface area (Å²) in [4.78, 5) is 13.1. The van der Waals surface area contributed by atoms with Gasteiger partial charge in [-0.25, -0.2) is 0 Å². The van der Waals surface area contributed by atoms with Crippen LogP contribution in [0.1, 0.15) is 0 Å². The maximum Gasteiger partial charge on any atom is 0.241 e. The van der Waals surface area contributed by atoms with Gasteiger partial charge in [0.1, 0.15) is 10.7 Å². The number of para-hydroxylation sites is 1. The van der Waals surface area contributed by atoms with Gasteiger partial charge in [-0.3, -0.25) is 4.79 Å².